The van der Waals surface area contributed by atoms with E-state index in [1.165, 1.54) is 5.57 Å². The highest BCUT2D eigenvalue weighted by Gasteiger charge is 2.30. The first-order valence-corrected chi connectivity index (χ1v) is 9.97. The first-order chi connectivity index (χ1) is 9.86. The number of hydrogen-bond acceptors (Lipinski definition) is 5. The molecule has 1 fully saturated rings. The van der Waals surface area contributed by atoms with Crippen LogP contribution in [-0.4, -0.2) is 48.6 Å². The summed E-state index contributed by atoms with van der Waals surface area (Å²) in [7, 11) is 3.78. The molecule has 124 valence electrons. The van der Waals surface area contributed by atoms with Crippen LogP contribution < -0.4 is 0 Å². The fraction of sp³-hybridized carbons (Fsp3) is 0.875. The molecule has 0 N–H and O–H groups in total. The average molecular weight is 335 g/mol. The van der Waals surface area contributed by atoms with Gasteiger partial charge in [-0.3, -0.25) is 0 Å². The van der Waals surface area contributed by atoms with Crippen molar-refractivity contribution >= 4 is 21.6 Å². The van der Waals surface area contributed by atoms with Gasteiger partial charge < -0.3 is 14.2 Å². The third-order valence-electron chi connectivity index (χ3n) is 3.57. The summed E-state index contributed by atoms with van der Waals surface area (Å²) >= 11 is 0. The van der Waals surface area contributed by atoms with Gasteiger partial charge in [-0.1, -0.05) is 33.2 Å². The van der Waals surface area contributed by atoms with E-state index in [0.717, 1.165) is 12.4 Å². The van der Waals surface area contributed by atoms with Crippen LogP contribution in [0.5, 0.6) is 0 Å². The minimum absolute atomic E-state index is 0.0864. The molecule has 0 aromatic rings. The van der Waals surface area contributed by atoms with Crippen LogP contribution in [0.25, 0.3) is 0 Å². The van der Waals surface area contributed by atoms with Crippen molar-refractivity contribution in [2.24, 2.45) is 0 Å². The molecule has 0 saturated carbocycles. The molecule has 0 radical (unpaired) electrons. The van der Waals surface area contributed by atoms with E-state index >= 15 is 0 Å². The SMILES string of the molecule is C/C=C(\C)C(C)(C)SSCCOC1COCC1OC(C)C. The molecule has 21 heavy (non-hydrogen) atoms. The standard InChI is InChI=1S/C16H30O3S2/c1-7-13(4)16(5,6)21-20-9-8-18-14-10-17-11-15(14)19-12(2)3/h7,12,14-15H,8-11H2,1-6H3/b13-7+. The molecule has 5 heteroatoms. The van der Waals surface area contributed by atoms with Crippen molar-refractivity contribution in [1.29, 1.82) is 0 Å². The molecule has 3 nitrogen and oxygen atoms in total. The Morgan fingerprint density at radius 3 is 2.62 bits per heavy atom. The third kappa shape index (κ3) is 6.95. The van der Waals surface area contributed by atoms with Crippen LogP contribution >= 0.6 is 21.6 Å². The molecule has 0 spiro atoms. The van der Waals surface area contributed by atoms with Crippen molar-refractivity contribution in [3.8, 4) is 0 Å². The van der Waals surface area contributed by atoms with E-state index in [1.54, 1.807) is 0 Å². The predicted molar refractivity (Wildman–Crippen MR) is 94.1 cm³/mol. The molecule has 0 aliphatic carbocycles. The Morgan fingerprint density at radius 2 is 2.00 bits per heavy atom. The van der Waals surface area contributed by atoms with Gasteiger partial charge in [0, 0.05) is 10.5 Å². The van der Waals surface area contributed by atoms with Crippen LogP contribution in [0.4, 0.5) is 0 Å². The van der Waals surface area contributed by atoms with Gasteiger partial charge in [0.25, 0.3) is 0 Å². The highest BCUT2D eigenvalue weighted by Crippen LogP contribution is 2.40. The van der Waals surface area contributed by atoms with Crippen LogP contribution in [0.2, 0.25) is 0 Å². The Bertz CT molecular complexity index is 329. The Hall–Kier alpha value is 0.320. The molecule has 1 saturated heterocycles. The van der Waals surface area contributed by atoms with E-state index in [-0.39, 0.29) is 23.1 Å². The summed E-state index contributed by atoms with van der Waals surface area (Å²) in [6.07, 6.45) is 2.58. The summed E-state index contributed by atoms with van der Waals surface area (Å²) in [6.45, 7) is 15.0. The lowest BCUT2D eigenvalue weighted by molar-refractivity contribution is -0.0650. The summed E-state index contributed by atoms with van der Waals surface area (Å²) in [5, 5.41) is 0. The number of ether oxygens (including phenoxy) is 3. The molecule has 2 unspecified atom stereocenters. The van der Waals surface area contributed by atoms with Gasteiger partial charge in [0.2, 0.25) is 0 Å². The van der Waals surface area contributed by atoms with Crippen LogP contribution in [0, 0.1) is 0 Å². The third-order valence-corrected chi connectivity index (χ3v) is 6.87. The highest BCUT2D eigenvalue weighted by molar-refractivity contribution is 8.77. The van der Waals surface area contributed by atoms with E-state index in [9.17, 15) is 0 Å². The maximum absolute atomic E-state index is 5.92. The zero-order valence-electron chi connectivity index (χ0n) is 14.2. The number of allylic oxidation sites excluding steroid dienone is 1. The van der Waals surface area contributed by atoms with Gasteiger partial charge in [-0.25, -0.2) is 0 Å². The average Bonchev–Trinajstić information content (AvgIpc) is 2.83. The minimum Gasteiger partial charge on any atom is -0.376 e. The summed E-state index contributed by atoms with van der Waals surface area (Å²) in [5.41, 5.74) is 1.41. The van der Waals surface area contributed by atoms with Gasteiger partial charge in [0.15, 0.2) is 0 Å². The topological polar surface area (TPSA) is 27.7 Å². The quantitative estimate of drug-likeness (QED) is 0.356. The Morgan fingerprint density at radius 1 is 1.33 bits per heavy atom. The molecule has 0 bridgehead atoms. The molecule has 0 amide bonds. The molecule has 0 aromatic heterocycles. The summed E-state index contributed by atoms with van der Waals surface area (Å²) < 4.78 is 17.4. The lowest BCUT2D eigenvalue weighted by Gasteiger charge is -2.24. The summed E-state index contributed by atoms with van der Waals surface area (Å²) in [4.78, 5) is 0. The Balaban J connectivity index is 2.19. The van der Waals surface area contributed by atoms with E-state index in [0.29, 0.717) is 13.2 Å². The monoisotopic (exact) mass is 334 g/mol. The fourth-order valence-electron chi connectivity index (χ4n) is 1.98. The van der Waals surface area contributed by atoms with Crippen molar-refractivity contribution in [3.05, 3.63) is 11.6 Å². The first kappa shape index (κ1) is 19.4. The van der Waals surface area contributed by atoms with Gasteiger partial charge in [-0.15, -0.1) is 0 Å². The zero-order valence-corrected chi connectivity index (χ0v) is 15.8. The predicted octanol–water partition coefficient (Wildman–Crippen LogP) is 4.32. The second kappa shape index (κ2) is 9.46. The molecule has 0 aromatic carbocycles. The second-order valence-electron chi connectivity index (χ2n) is 6.06. The van der Waals surface area contributed by atoms with Crippen molar-refractivity contribution in [2.45, 2.75) is 64.6 Å². The van der Waals surface area contributed by atoms with E-state index in [1.807, 2.05) is 35.4 Å². The summed E-state index contributed by atoms with van der Waals surface area (Å²) in [5.74, 6) is 0.982. The largest absolute Gasteiger partial charge is 0.376 e. The van der Waals surface area contributed by atoms with Gasteiger partial charge in [0.1, 0.15) is 12.2 Å². The maximum Gasteiger partial charge on any atom is 0.110 e. The van der Waals surface area contributed by atoms with E-state index in [2.05, 4.69) is 33.8 Å². The normalized spacial score (nSPS) is 24.0. The summed E-state index contributed by atoms with van der Waals surface area (Å²) in [6, 6.07) is 0. The van der Waals surface area contributed by atoms with Crippen LogP contribution in [0.3, 0.4) is 0 Å². The molecule has 1 heterocycles. The molecule has 1 aliphatic heterocycles. The van der Waals surface area contributed by atoms with Crippen molar-refractivity contribution in [2.75, 3.05) is 25.6 Å². The molecular weight excluding hydrogens is 304 g/mol. The first-order valence-electron chi connectivity index (χ1n) is 7.65. The fourth-order valence-corrected chi connectivity index (χ4v) is 4.51. The van der Waals surface area contributed by atoms with Gasteiger partial charge in [0.05, 0.1) is 25.9 Å². The van der Waals surface area contributed by atoms with Gasteiger partial charge >= 0.3 is 0 Å². The van der Waals surface area contributed by atoms with Crippen molar-refractivity contribution in [3.63, 3.8) is 0 Å². The van der Waals surface area contributed by atoms with Crippen molar-refractivity contribution < 1.29 is 14.2 Å². The van der Waals surface area contributed by atoms with Crippen LogP contribution in [0.1, 0.15) is 41.5 Å². The molecular formula is C16H30O3S2. The lowest BCUT2D eigenvalue weighted by Crippen LogP contribution is -2.32. The Labute approximate surface area is 138 Å². The van der Waals surface area contributed by atoms with Crippen LogP contribution in [0.15, 0.2) is 11.6 Å². The highest BCUT2D eigenvalue weighted by atomic mass is 33.1. The smallest absolute Gasteiger partial charge is 0.110 e. The maximum atomic E-state index is 5.92. The second-order valence-corrected chi connectivity index (χ2v) is 9.10. The minimum atomic E-state index is 0.0864. The number of hydrogen-bond donors (Lipinski definition) is 0. The Kier molecular flexibility index (Phi) is 8.72. The zero-order chi connectivity index (χ0) is 15.9. The van der Waals surface area contributed by atoms with Gasteiger partial charge in [-0.05, 0) is 41.5 Å². The molecule has 1 aliphatic rings. The van der Waals surface area contributed by atoms with Gasteiger partial charge in [-0.2, -0.15) is 0 Å². The van der Waals surface area contributed by atoms with Crippen molar-refractivity contribution in [1.82, 2.24) is 0 Å². The van der Waals surface area contributed by atoms with E-state index in [4.69, 9.17) is 14.2 Å². The van der Waals surface area contributed by atoms with Crippen LogP contribution in [-0.2, 0) is 14.2 Å². The number of rotatable bonds is 9. The molecule has 1 rings (SSSR count). The lowest BCUT2D eigenvalue weighted by atomic mass is 10.0. The van der Waals surface area contributed by atoms with E-state index < -0.39 is 0 Å². The molecule has 2 atom stereocenters.